The van der Waals surface area contributed by atoms with Gasteiger partial charge in [0.05, 0.1) is 17.8 Å². The van der Waals surface area contributed by atoms with Crippen molar-refractivity contribution in [2.45, 2.75) is 18.8 Å². The minimum absolute atomic E-state index is 0.110. The predicted molar refractivity (Wildman–Crippen MR) is 66.4 cm³/mol. The zero-order valence-corrected chi connectivity index (χ0v) is 10.6. The summed E-state index contributed by atoms with van der Waals surface area (Å²) in [6.45, 7) is -0.704. The molecule has 0 aliphatic carbocycles. The molecule has 5 nitrogen and oxygen atoms in total. The molecule has 21 heavy (non-hydrogen) atoms. The average molecular weight is 308 g/mol. The number of carboxylic acids is 1. The van der Waals surface area contributed by atoms with Crippen LogP contribution in [0.4, 0.5) is 28.9 Å². The summed E-state index contributed by atoms with van der Waals surface area (Å²) in [5, 5.41) is 8.57. The third-order valence-corrected chi connectivity index (χ3v) is 2.58. The highest BCUT2D eigenvalue weighted by molar-refractivity contribution is 6.01. The summed E-state index contributed by atoms with van der Waals surface area (Å²) in [5.74, 6) is -8.50. The number of rotatable bonds is 6. The Balaban J connectivity index is 3.17. The molecule has 1 amide bonds. The van der Waals surface area contributed by atoms with Crippen LogP contribution in [0.5, 0.6) is 0 Å². The van der Waals surface area contributed by atoms with Gasteiger partial charge in [-0.2, -0.15) is 8.78 Å². The molecule has 0 saturated carbocycles. The molecule has 116 valence electrons. The van der Waals surface area contributed by atoms with Gasteiger partial charge in [-0.1, -0.05) is 12.1 Å². The first-order valence-corrected chi connectivity index (χ1v) is 5.72. The zero-order valence-electron chi connectivity index (χ0n) is 10.6. The highest BCUT2D eigenvalue weighted by Crippen LogP contribution is 2.30. The van der Waals surface area contributed by atoms with E-state index in [1.54, 1.807) is 0 Å². The molecule has 3 N–H and O–H groups in total. The number of carbonyl (C=O) groups is 2. The quantitative estimate of drug-likeness (QED) is 0.622. The topological polar surface area (TPSA) is 83.6 Å². The van der Waals surface area contributed by atoms with Crippen molar-refractivity contribution in [1.82, 2.24) is 0 Å². The van der Waals surface area contributed by atoms with Crippen LogP contribution in [0.15, 0.2) is 24.3 Å². The molecule has 0 bridgehead atoms. The third-order valence-electron chi connectivity index (χ3n) is 2.58. The van der Waals surface area contributed by atoms with Gasteiger partial charge in [0.25, 0.3) is 0 Å². The summed E-state index contributed by atoms with van der Waals surface area (Å²) >= 11 is 0. The van der Waals surface area contributed by atoms with E-state index >= 15 is 0 Å². The number of hydrogen-bond acceptors (Lipinski definition) is 3. The molecule has 0 atom stereocenters. The summed E-state index contributed by atoms with van der Waals surface area (Å²) < 4.78 is 51.0. The van der Waals surface area contributed by atoms with E-state index in [2.05, 4.69) is 0 Å². The van der Waals surface area contributed by atoms with E-state index < -0.39 is 37.2 Å². The molecule has 0 fully saturated rings. The van der Waals surface area contributed by atoms with Crippen molar-refractivity contribution in [1.29, 1.82) is 0 Å². The Morgan fingerprint density at radius 3 is 2.33 bits per heavy atom. The molecule has 0 heterocycles. The van der Waals surface area contributed by atoms with Crippen LogP contribution >= 0.6 is 0 Å². The van der Waals surface area contributed by atoms with Gasteiger partial charge in [-0.3, -0.25) is 9.59 Å². The Labute approximate surface area is 117 Å². The van der Waals surface area contributed by atoms with Crippen molar-refractivity contribution >= 4 is 23.3 Å². The Morgan fingerprint density at radius 2 is 1.86 bits per heavy atom. The SMILES string of the molecule is Nc1ccccc1N(CCC(=O)O)C(=O)C(F)(F)C(F)F. The summed E-state index contributed by atoms with van der Waals surface area (Å²) in [5.41, 5.74) is 5.16. The molecule has 9 heteroatoms. The first-order valence-electron chi connectivity index (χ1n) is 5.72. The van der Waals surface area contributed by atoms with Crippen molar-refractivity contribution in [2.75, 3.05) is 17.2 Å². The summed E-state index contributed by atoms with van der Waals surface area (Å²) in [6.07, 6.45) is -4.90. The zero-order chi connectivity index (χ0) is 16.2. The minimum Gasteiger partial charge on any atom is -0.481 e. The first kappa shape index (κ1) is 16.7. The molecular formula is C12H12F4N2O3. The van der Waals surface area contributed by atoms with Gasteiger partial charge < -0.3 is 15.7 Å². The lowest BCUT2D eigenvalue weighted by Gasteiger charge is -2.27. The van der Waals surface area contributed by atoms with E-state index in [0.29, 0.717) is 0 Å². The lowest BCUT2D eigenvalue weighted by Crippen LogP contribution is -2.48. The number of carboxylic acid groups (broad SMARTS) is 1. The number of anilines is 2. The van der Waals surface area contributed by atoms with Gasteiger partial charge >= 0.3 is 24.2 Å². The van der Waals surface area contributed by atoms with Crippen molar-refractivity contribution in [3.05, 3.63) is 24.3 Å². The van der Waals surface area contributed by atoms with Gasteiger partial charge in [-0.25, -0.2) is 8.78 Å². The molecule has 0 unspecified atom stereocenters. The Morgan fingerprint density at radius 1 is 1.29 bits per heavy atom. The number of nitrogen functional groups attached to an aromatic ring is 1. The normalized spacial score (nSPS) is 11.5. The lowest BCUT2D eigenvalue weighted by molar-refractivity contribution is -0.166. The molecule has 0 spiro atoms. The van der Waals surface area contributed by atoms with Gasteiger partial charge in [0, 0.05) is 6.54 Å². The molecule has 1 rings (SSSR count). The second-order valence-corrected chi connectivity index (χ2v) is 4.08. The Kier molecular flexibility index (Phi) is 5.12. The van der Waals surface area contributed by atoms with Crippen LogP contribution in [-0.4, -0.2) is 35.9 Å². The number of alkyl halides is 4. The third kappa shape index (κ3) is 3.83. The number of carbonyl (C=O) groups excluding carboxylic acids is 1. The van der Waals surface area contributed by atoms with Gasteiger partial charge in [0.1, 0.15) is 0 Å². The fourth-order valence-corrected chi connectivity index (χ4v) is 1.55. The van der Waals surface area contributed by atoms with Crippen LogP contribution in [-0.2, 0) is 9.59 Å². The maximum Gasteiger partial charge on any atom is 0.384 e. The van der Waals surface area contributed by atoms with Gasteiger partial charge in [0.2, 0.25) is 0 Å². The summed E-state index contributed by atoms with van der Waals surface area (Å²) in [6, 6.07) is 5.24. The van der Waals surface area contributed by atoms with Crippen molar-refractivity contribution in [3.63, 3.8) is 0 Å². The van der Waals surface area contributed by atoms with Gasteiger partial charge in [-0.05, 0) is 12.1 Å². The van der Waals surface area contributed by atoms with Crippen LogP contribution in [0.2, 0.25) is 0 Å². The number of halogens is 4. The second-order valence-electron chi connectivity index (χ2n) is 4.08. The molecule has 0 saturated heterocycles. The van der Waals surface area contributed by atoms with Crippen LogP contribution in [0.25, 0.3) is 0 Å². The molecule has 1 aromatic carbocycles. The number of hydrogen-bond donors (Lipinski definition) is 2. The van der Waals surface area contributed by atoms with Crippen LogP contribution < -0.4 is 10.6 Å². The smallest absolute Gasteiger partial charge is 0.384 e. The average Bonchev–Trinajstić information content (AvgIpc) is 2.40. The molecule has 0 aliphatic rings. The van der Waals surface area contributed by atoms with Gasteiger partial charge in [0.15, 0.2) is 0 Å². The number of nitrogens with two attached hydrogens (primary N) is 1. The van der Waals surface area contributed by atoms with Crippen molar-refractivity contribution in [3.8, 4) is 0 Å². The van der Waals surface area contributed by atoms with Crippen LogP contribution in [0, 0.1) is 0 Å². The number of para-hydroxylation sites is 2. The molecule has 0 radical (unpaired) electrons. The first-order chi connectivity index (χ1) is 9.67. The second kappa shape index (κ2) is 6.42. The lowest BCUT2D eigenvalue weighted by atomic mass is 10.2. The maximum absolute atomic E-state index is 13.2. The van der Waals surface area contributed by atoms with E-state index in [1.807, 2.05) is 0 Å². The van der Waals surface area contributed by atoms with Crippen molar-refractivity contribution in [2.24, 2.45) is 0 Å². The van der Waals surface area contributed by atoms with Crippen LogP contribution in [0.1, 0.15) is 6.42 Å². The summed E-state index contributed by atoms with van der Waals surface area (Å²) in [4.78, 5) is 22.4. The van der Waals surface area contributed by atoms with E-state index in [0.717, 1.165) is 6.07 Å². The van der Waals surface area contributed by atoms with E-state index in [-0.39, 0.29) is 16.3 Å². The number of aliphatic carboxylic acids is 1. The van der Waals surface area contributed by atoms with Gasteiger partial charge in [-0.15, -0.1) is 0 Å². The van der Waals surface area contributed by atoms with E-state index in [4.69, 9.17) is 10.8 Å². The maximum atomic E-state index is 13.2. The fourth-order valence-electron chi connectivity index (χ4n) is 1.55. The molecule has 0 aromatic heterocycles. The number of amides is 1. The largest absolute Gasteiger partial charge is 0.481 e. The van der Waals surface area contributed by atoms with Crippen LogP contribution in [0.3, 0.4) is 0 Å². The predicted octanol–water partition coefficient (Wildman–Crippen LogP) is 1.98. The molecular weight excluding hydrogens is 296 g/mol. The van der Waals surface area contributed by atoms with E-state index in [9.17, 15) is 27.2 Å². The Bertz CT molecular complexity index is 537. The number of benzene rings is 1. The van der Waals surface area contributed by atoms with Crippen molar-refractivity contribution < 1.29 is 32.3 Å². The highest BCUT2D eigenvalue weighted by atomic mass is 19.3. The summed E-state index contributed by atoms with van der Waals surface area (Å²) in [7, 11) is 0. The standard InChI is InChI=1S/C12H12F4N2O3/c13-10(14)12(15,16)11(21)18(6-5-9(19)20)8-4-2-1-3-7(8)17/h1-4,10H,5-6,17H2,(H,19,20). The minimum atomic E-state index is -4.93. The monoisotopic (exact) mass is 308 g/mol. The highest BCUT2D eigenvalue weighted by Gasteiger charge is 2.51. The molecule has 0 aliphatic heterocycles. The number of nitrogens with zero attached hydrogens (tertiary/aromatic N) is 1. The van der Waals surface area contributed by atoms with E-state index in [1.165, 1.54) is 18.2 Å². The Hall–Kier alpha value is -2.32. The fraction of sp³-hybridized carbons (Fsp3) is 0.333. The molecule has 1 aromatic rings.